The van der Waals surface area contributed by atoms with Gasteiger partial charge in [0.2, 0.25) is 0 Å². The second-order valence-corrected chi connectivity index (χ2v) is 6.77. The van der Waals surface area contributed by atoms with Crippen LogP contribution in [0.1, 0.15) is 52.4 Å². The molecule has 3 heteroatoms. The van der Waals surface area contributed by atoms with E-state index in [1.165, 1.54) is 38.5 Å². The van der Waals surface area contributed by atoms with Gasteiger partial charge in [-0.3, -0.25) is 0 Å². The maximum absolute atomic E-state index is 9.27. The van der Waals surface area contributed by atoms with Crippen LogP contribution in [0.5, 0.6) is 0 Å². The van der Waals surface area contributed by atoms with E-state index in [2.05, 4.69) is 19.2 Å². The van der Waals surface area contributed by atoms with Gasteiger partial charge in [-0.25, -0.2) is 0 Å². The summed E-state index contributed by atoms with van der Waals surface area (Å²) in [5.74, 6) is 2.18. The molecule has 0 radical (unpaired) electrons. The van der Waals surface area contributed by atoms with Crippen molar-refractivity contribution in [2.75, 3.05) is 13.2 Å². The predicted molar refractivity (Wildman–Crippen MR) is 75.3 cm³/mol. The van der Waals surface area contributed by atoms with Gasteiger partial charge in [0.15, 0.2) is 0 Å². The number of aliphatic hydroxyl groups excluding tert-OH is 1. The number of hydrogen-bond donors (Lipinski definition) is 3. The lowest BCUT2D eigenvalue weighted by molar-refractivity contribution is 0.128. The molecule has 4 N–H and O–H groups in total. The van der Waals surface area contributed by atoms with Gasteiger partial charge in [-0.15, -0.1) is 0 Å². The van der Waals surface area contributed by atoms with E-state index >= 15 is 0 Å². The Hall–Kier alpha value is -0.120. The maximum atomic E-state index is 9.27. The summed E-state index contributed by atoms with van der Waals surface area (Å²) < 4.78 is 0. The Morgan fingerprint density at radius 2 is 2.00 bits per heavy atom. The van der Waals surface area contributed by atoms with Gasteiger partial charge in [-0.2, -0.15) is 0 Å². The Labute approximate surface area is 112 Å². The maximum Gasteiger partial charge on any atom is 0.0471 e. The van der Waals surface area contributed by atoms with Crippen LogP contribution in [0.4, 0.5) is 0 Å². The van der Waals surface area contributed by atoms with Crippen LogP contribution in [0, 0.1) is 17.8 Å². The summed E-state index contributed by atoms with van der Waals surface area (Å²) in [7, 11) is 0. The summed E-state index contributed by atoms with van der Waals surface area (Å²) in [4.78, 5) is 0. The minimum absolute atomic E-state index is 0.133. The molecule has 0 aromatic rings. The third kappa shape index (κ3) is 3.25. The Kier molecular flexibility index (Phi) is 4.68. The molecule has 0 spiro atoms. The highest BCUT2D eigenvalue weighted by atomic mass is 16.3. The molecular formula is C15H30N2O. The van der Waals surface area contributed by atoms with Gasteiger partial charge < -0.3 is 16.2 Å². The highest BCUT2D eigenvalue weighted by molar-refractivity contribution is 4.99. The van der Waals surface area contributed by atoms with E-state index in [0.717, 1.165) is 18.4 Å². The number of nitrogens with two attached hydrogens (primary N) is 1. The van der Waals surface area contributed by atoms with Crippen molar-refractivity contribution in [1.82, 2.24) is 5.32 Å². The van der Waals surface area contributed by atoms with Gasteiger partial charge >= 0.3 is 0 Å². The average Bonchev–Trinajstić information content (AvgIpc) is 3.22. The summed E-state index contributed by atoms with van der Waals surface area (Å²) in [5.41, 5.74) is 6.22. The second-order valence-electron chi connectivity index (χ2n) is 6.77. The van der Waals surface area contributed by atoms with Crippen LogP contribution in [-0.4, -0.2) is 29.8 Å². The molecule has 0 amide bonds. The van der Waals surface area contributed by atoms with Crippen LogP contribution < -0.4 is 11.1 Å². The first kappa shape index (κ1) is 14.3. The Balaban J connectivity index is 1.95. The van der Waals surface area contributed by atoms with Crippen molar-refractivity contribution in [2.24, 2.45) is 23.5 Å². The van der Waals surface area contributed by atoms with E-state index in [1.54, 1.807) is 0 Å². The monoisotopic (exact) mass is 254 g/mol. The first-order chi connectivity index (χ1) is 8.60. The molecule has 0 aromatic heterocycles. The number of aliphatic hydroxyl groups is 1. The Morgan fingerprint density at radius 3 is 2.56 bits per heavy atom. The van der Waals surface area contributed by atoms with Gasteiger partial charge in [0.1, 0.15) is 0 Å². The lowest BCUT2D eigenvalue weighted by atomic mass is 9.73. The topological polar surface area (TPSA) is 58.3 Å². The first-order valence-electron chi connectivity index (χ1n) is 7.69. The molecule has 0 bridgehead atoms. The van der Waals surface area contributed by atoms with Crippen LogP contribution >= 0.6 is 0 Å². The molecular weight excluding hydrogens is 224 g/mol. The molecule has 0 heterocycles. The summed E-state index contributed by atoms with van der Waals surface area (Å²) in [6.07, 6.45) is 8.04. The van der Waals surface area contributed by atoms with Crippen molar-refractivity contribution in [2.45, 2.75) is 64.0 Å². The molecule has 2 saturated carbocycles. The fourth-order valence-corrected chi connectivity index (χ4v) is 3.54. The van der Waals surface area contributed by atoms with Crippen molar-refractivity contribution in [1.29, 1.82) is 0 Å². The zero-order valence-corrected chi connectivity index (χ0v) is 12.0. The molecule has 0 saturated heterocycles. The summed E-state index contributed by atoms with van der Waals surface area (Å²) >= 11 is 0. The largest absolute Gasteiger partial charge is 0.396 e. The van der Waals surface area contributed by atoms with Crippen LogP contribution in [0.3, 0.4) is 0 Å². The third-order valence-corrected chi connectivity index (χ3v) is 5.24. The van der Waals surface area contributed by atoms with Gasteiger partial charge in [-0.05, 0) is 50.4 Å². The molecule has 4 atom stereocenters. The molecule has 2 aliphatic rings. The quantitative estimate of drug-likeness (QED) is 0.678. The van der Waals surface area contributed by atoms with Gasteiger partial charge in [0.05, 0.1) is 0 Å². The van der Waals surface area contributed by atoms with Crippen molar-refractivity contribution in [3.8, 4) is 0 Å². The zero-order valence-electron chi connectivity index (χ0n) is 12.0. The first-order valence-corrected chi connectivity index (χ1v) is 7.69. The molecule has 2 fully saturated rings. The van der Waals surface area contributed by atoms with Gasteiger partial charge in [0, 0.05) is 24.7 Å². The summed E-state index contributed by atoms with van der Waals surface area (Å²) in [5, 5.41) is 13.0. The Bertz CT molecular complexity index is 267. The fraction of sp³-hybridized carbons (Fsp3) is 1.00. The van der Waals surface area contributed by atoms with Gasteiger partial charge in [-0.1, -0.05) is 19.8 Å². The van der Waals surface area contributed by atoms with Crippen molar-refractivity contribution in [3.63, 3.8) is 0 Å². The highest BCUT2D eigenvalue weighted by Gasteiger charge is 2.42. The predicted octanol–water partition coefficient (Wildman–Crippen LogP) is 1.89. The average molecular weight is 254 g/mol. The minimum atomic E-state index is 0.133. The van der Waals surface area contributed by atoms with Crippen LogP contribution in [0.25, 0.3) is 0 Å². The lowest BCUT2D eigenvalue weighted by Gasteiger charge is -2.44. The van der Waals surface area contributed by atoms with E-state index in [4.69, 9.17) is 5.73 Å². The van der Waals surface area contributed by atoms with E-state index in [9.17, 15) is 5.11 Å². The normalized spacial score (nSPS) is 36.3. The minimum Gasteiger partial charge on any atom is -0.396 e. The third-order valence-electron chi connectivity index (χ3n) is 5.24. The smallest absolute Gasteiger partial charge is 0.0471 e. The molecule has 0 aromatic carbocycles. The zero-order chi connectivity index (χ0) is 13.2. The van der Waals surface area contributed by atoms with Crippen LogP contribution in [0.2, 0.25) is 0 Å². The molecule has 2 rings (SSSR count). The molecule has 0 aliphatic heterocycles. The van der Waals surface area contributed by atoms with Crippen LogP contribution in [-0.2, 0) is 0 Å². The molecule has 2 aliphatic carbocycles. The standard InChI is InChI=1S/C15H30N2O/c1-11(9-18)12(2)17-15(10-16)7-3-4-14(8-15)13-5-6-13/h11-14,17-18H,3-10,16H2,1-2H3. The number of hydrogen-bond acceptors (Lipinski definition) is 3. The van der Waals surface area contributed by atoms with E-state index in [-0.39, 0.29) is 12.1 Å². The molecule has 18 heavy (non-hydrogen) atoms. The van der Waals surface area contributed by atoms with E-state index < -0.39 is 0 Å². The highest BCUT2D eigenvalue weighted by Crippen LogP contribution is 2.46. The second kappa shape index (κ2) is 5.89. The van der Waals surface area contributed by atoms with Crippen molar-refractivity contribution in [3.05, 3.63) is 0 Å². The SMILES string of the molecule is CC(CO)C(C)NC1(CN)CCCC(C2CC2)C1. The molecule has 3 nitrogen and oxygen atoms in total. The van der Waals surface area contributed by atoms with Crippen molar-refractivity contribution >= 4 is 0 Å². The lowest BCUT2D eigenvalue weighted by Crippen LogP contribution is -2.58. The fourth-order valence-electron chi connectivity index (χ4n) is 3.54. The van der Waals surface area contributed by atoms with Crippen LogP contribution in [0.15, 0.2) is 0 Å². The Morgan fingerprint density at radius 1 is 1.28 bits per heavy atom. The summed E-state index contributed by atoms with van der Waals surface area (Å²) in [6, 6.07) is 0.344. The number of nitrogens with one attached hydrogen (secondary N) is 1. The number of rotatable bonds is 6. The van der Waals surface area contributed by atoms with E-state index in [1.807, 2.05) is 0 Å². The van der Waals surface area contributed by atoms with E-state index in [0.29, 0.717) is 12.0 Å². The van der Waals surface area contributed by atoms with Crippen molar-refractivity contribution < 1.29 is 5.11 Å². The molecule has 4 unspecified atom stereocenters. The summed E-state index contributed by atoms with van der Waals surface area (Å²) in [6.45, 7) is 5.27. The molecule has 106 valence electrons. The van der Waals surface area contributed by atoms with Gasteiger partial charge in [0.25, 0.3) is 0 Å².